The van der Waals surface area contributed by atoms with Crippen LogP contribution in [0.5, 0.6) is 0 Å². The Balaban J connectivity index is 2.06. The predicted molar refractivity (Wildman–Crippen MR) is 102 cm³/mol. The minimum Gasteiger partial charge on any atom is -0.344 e. The van der Waals surface area contributed by atoms with Crippen LogP contribution in [-0.2, 0) is 7.05 Å². The van der Waals surface area contributed by atoms with E-state index in [4.69, 9.17) is 0 Å². The molecule has 1 aliphatic carbocycles. The van der Waals surface area contributed by atoms with E-state index in [1.807, 2.05) is 0 Å². The zero-order valence-electron chi connectivity index (χ0n) is 13.4. The van der Waals surface area contributed by atoms with Gasteiger partial charge in [-0.1, -0.05) is 60.7 Å². The van der Waals surface area contributed by atoms with E-state index in [0.717, 1.165) is 0 Å². The van der Waals surface area contributed by atoms with Gasteiger partial charge in [-0.25, -0.2) is 0 Å². The molecule has 6 rings (SSSR count). The van der Waals surface area contributed by atoms with Crippen molar-refractivity contribution in [3.8, 4) is 22.3 Å². The van der Waals surface area contributed by atoms with Crippen molar-refractivity contribution in [2.45, 2.75) is 0 Å². The summed E-state index contributed by atoms with van der Waals surface area (Å²) in [7, 11) is 2.17. The van der Waals surface area contributed by atoms with Gasteiger partial charge in [0.15, 0.2) is 0 Å². The third kappa shape index (κ3) is 1.28. The van der Waals surface area contributed by atoms with Gasteiger partial charge in [0.2, 0.25) is 0 Å². The molecule has 0 saturated carbocycles. The molecule has 0 saturated heterocycles. The van der Waals surface area contributed by atoms with Crippen molar-refractivity contribution in [1.82, 2.24) is 4.57 Å². The zero-order chi connectivity index (χ0) is 15.8. The standard InChI is InChI=1S/C23H15N/c1-24-19-12-4-10-17-15-8-2-6-14-7-3-9-16(21(14)15)18-11-5-13-20(24)23(18)22(17)19/h2-13H,1H3. The van der Waals surface area contributed by atoms with Crippen LogP contribution in [-0.4, -0.2) is 4.57 Å². The molecule has 0 atom stereocenters. The molecule has 0 unspecified atom stereocenters. The Kier molecular flexibility index (Phi) is 2.10. The number of rotatable bonds is 0. The summed E-state index contributed by atoms with van der Waals surface area (Å²) in [4.78, 5) is 0. The molecule has 1 nitrogen and oxygen atoms in total. The van der Waals surface area contributed by atoms with E-state index < -0.39 is 0 Å². The van der Waals surface area contributed by atoms with Gasteiger partial charge in [0.05, 0.1) is 0 Å². The molecule has 0 aliphatic heterocycles. The lowest BCUT2D eigenvalue weighted by molar-refractivity contribution is 1.01. The molecule has 0 N–H and O–H groups in total. The Morgan fingerprint density at radius 2 is 0.917 bits per heavy atom. The number of aromatic nitrogens is 1. The van der Waals surface area contributed by atoms with Crippen molar-refractivity contribution in [1.29, 1.82) is 0 Å². The Bertz CT molecular complexity index is 1210. The van der Waals surface area contributed by atoms with E-state index in [-0.39, 0.29) is 0 Å². The number of fused-ring (bicyclic) bond motifs is 2. The third-order valence-corrected chi connectivity index (χ3v) is 5.54. The van der Waals surface area contributed by atoms with Gasteiger partial charge in [0.1, 0.15) is 0 Å². The second kappa shape index (κ2) is 4.07. The lowest BCUT2D eigenvalue weighted by Gasteiger charge is -2.11. The highest BCUT2D eigenvalue weighted by molar-refractivity contribution is 6.26. The van der Waals surface area contributed by atoms with Crippen LogP contribution in [0.2, 0.25) is 0 Å². The van der Waals surface area contributed by atoms with E-state index >= 15 is 0 Å². The summed E-state index contributed by atoms with van der Waals surface area (Å²) in [6.07, 6.45) is 0. The molecule has 4 aromatic carbocycles. The van der Waals surface area contributed by atoms with E-state index in [1.54, 1.807) is 0 Å². The highest BCUT2D eigenvalue weighted by Crippen LogP contribution is 2.48. The zero-order valence-corrected chi connectivity index (χ0v) is 13.4. The summed E-state index contributed by atoms with van der Waals surface area (Å²) >= 11 is 0. The van der Waals surface area contributed by atoms with Gasteiger partial charge in [0, 0.05) is 28.9 Å². The molecular formula is C23H15N. The first-order chi connectivity index (χ1) is 11.8. The third-order valence-electron chi connectivity index (χ3n) is 5.54. The average molecular weight is 305 g/mol. The van der Waals surface area contributed by atoms with Crippen molar-refractivity contribution in [3.05, 3.63) is 72.8 Å². The molecule has 0 fully saturated rings. The van der Waals surface area contributed by atoms with Crippen LogP contribution in [0.3, 0.4) is 0 Å². The van der Waals surface area contributed by atoms with E-state index in [1.165, 1.54) is 54.8 Å². The number of aryl methyl sites for hydroxylation is 1. The summed E-state index contributed by atoms with van der Waals surface area (Å²) < 4.78 is 2.33. The maximum atomic E-state index is 2.33. The predicted octanol–water partition coefficient (Wildman–Crippen LogP) is 6.13. The number of hydrogen-bond acceptors (Lipinski definition) is 0. The van der Waals surface area contributed by atoms with Crippen molar-refractivity contribution in [2.24, 2.45) is 7.05 Å². The highest BCUT2D eigenvalue weighted by atomic mass is 14.9. The molecular weight excluding hydrogens is 290 g/mol. The first kappa shape index (κ1) is 12.4. The van der Waals surface area contributed by atoms with Crippen molar-refractivity contribution >= 4 is 32.6 Å². The van der Waals surface area contributed by atoms with Crippen LogP contribution in [0.1, 0.15) is 0 Å². The molecule has 1 aromatic heterocycles. The summed E-state index contributed by atoms with van der Waals surface area (Å²) in [5, 5.41) is 5.45. The molecule has 0 radical (unpaired) electrons. The first-order valence-electron chi connectivity index (χ1n) is 8.37. The maximum Gasteiger partial charge on any atom is 0.0495 e. The molecule has 1 aliphatic rings. The van der Waals surface area contributed by atoms with E-state index in [2.05, 4.69) is 84.4 Å². The molecule has 0 amide bonds. The molecule has 112 valence electrons. The van der Waals surface area contributed by atoms with Gasteiger partial charge in [0.25, 0.3) is 0 Å². The highest BCUT2D eigenvalue weighted by Gasteiger charge is 2.22. The van der Waals surface area contributed by atoms with Gasteiger partial charge in [-0.05, 0) is 45.2 Å². The summed E-state index contributed by atoms with van der Waals surface area (Å²) in [5.41, 5.74) is 8.00. The topological polar surface area (TPSA) is 4.93 Å². The summed E-state index contributed by atoms with van der Waals surface area (Å²) in [6.45, 7) is 0. The Labute approximate surface area is 139 Å². The van der Waals surface area contributed by atoms with Crippen molar-refractivity contribution in [2.75, 3.05) is 0 Å². The van der Waals surface area contributed by atoms with Crippen LogP contribution >= 0.6 is 0 Å². The first-order valence-corrected chi connectivity index (χ1v) is 8.37. The monoisotopic (exact) mass is 305 g/mol. The normalized spacial score (nSPS) is 12.4. The van der Waals surface area contributed by atoms with Gasteiger partial charge in [-0.2, -0.15) is 0 Å². The van der Waals surface area contributed by atoms with Crippen molar-refractivity contribution in [3.63, 3.8) is 0 Å². The van der Waals surface area contributed by atoms with Crippen LogP contribution in [0.15, 0.2) is 72.8 Å². The fourth-order valence-electron chi connectivity index (χ4n) is 4.53. The lowest BCUT2D eigenvalue weighted by atomic mass is 9.93. The summed E-state index contributed by atoms with van der Waals surface area (Å²) in [5.74, 6) is 0. The van der Waals surface area contributed by atoms with Crippen LogP contribution in [0.4, 0.5) is 0 Å². The van der Waals surface area contributed by atoms with Crippen molar-refractivity contribution < 1.29 is 0 Å². The molecule has 5 aromatic rings. The minimum absolute atomic E-state index is 1.31. The van der Waals surface area contributed by atoms with Gasteiger partial charge in [-0.15, -0.1) is 0 Å². The summed E-state index contributed by atoms with van der Waals surface area (Å²) in [6, 6.07) is 26.7. The van der Waals surface area contributed by atoms with E-state index in [9.17, 15) is 0 Å². The number of nitrogens with zero attached hydrogens (tertiary/aromatic N) is 1. The molecule has 1 heterocycles. The van der Waals surface area contributed by atoms with Crippen LogP contribution in [0, 0.1) is 0 Å². The molecule has 1 heteroatoms. The Hall–Kier alpha value is -3.06. The van der Waals surface area contributed by atoms with Gasteiger partial charge in [-0.3, -0.25) is 0 Å². The molecule has 0 spiro atoms. The second-order valence-electron chi connectivity index (χ2n) is 6.67. The van der Waals surface area contributed by atoms with Gasteiger partial charge >= 0.3 is 0 Å². The molecule has 0 bridgehead atoms. The fourth-order valence-corrected chi connectivity index (χ4v) is 4.53. The SMILES string of the molecule is Cn1c2cccc3c2c2c(cccc21)-c1cccc2cccc-3c12. The number of benzene rings is 4. The second-order valence-corrected chi connectivity index (χ2v) is 6.67. The average Bonchev–Trinajstić information content (AvgIpc) is 2.86. The minimum atomic E-state index is 1.31. The van der Waals surface area contributed by atoms with Crippen LogP contribution in [0.25, 0.3) is 54.8 Å². The Morgan fingerprint density at radius 1 is 0.500 bits per heavy atom. The quantitative estimate of drug-likeness (QED) is 0.318. The largest absolute Gasteiger partial charge is 0.344 e. The smallest absolute Gasteiger partial charge is 0.0495 e. The fraction of sp³-hybridized carbons (Fsp3) is 0.0435. The maximum absolute atomic E-state index is 2.33. The number of hydrogen-bond donors (Lipinski definition) is 0. The van der Waals surface area contributed by atoms with Crippen LogP contribution < -0.4 is 0 Å². The van der Waals surface area contributed by atoms with Gasteiger partial charge < -0.3 is 4.57 Å². The molecule has 24 heavy (non-hydrogen) atoms. The Morgan fingerprint density at radius 3 is 1.42 bits per heavy atom. The lowest BCUT2D eigenvalue weighted by Crippen LogP contribution is -1.89. The van der Waals surface area contributed by atoms with E-state index in [0.29, 0.717) is 0 Å².